The third-order valence-corrected chi connectivity index (χ3v) is 3.49. The van der Waals surface area contributed by atoms with Crippen LogP contribution < -0.4 is 4.90 Å². The van der Waals surface area contributed by atoms with Gasteiger partial charge in [0.05, 0.1) is 11.6 Å². The molecule has 0 N–H and O–H groups in total. The maximum atomic E-state index is 12.0. The molecule has 0 spiro atoms. The highest BCUT2D eigenvalue weighted by Crippen LogP contribution is 2.36. The van der Waals surface area contributed by atoms with Crippen LogP contribution in [0.4, 0.5) is 5.69 Å². The molecule has 0 aromatic heterocycles. The molecule has 3 heteroatoms. The van der Waals surface area contributed by atoms with E-state index in [4.69, 9.17) is 5.26 Å². The summed E-state index contributed by atoms with van der Waals surface area (Å²) >= 11 is 0. The van der Waals surface area contributed by atoms with Gasteiger partial charge in [0.2, 0.25) is 5.91 Å². The van der Waals surface area contributed by atoms with Crippen LogP contribution in [-0.2, 0) is 4.79 Å². The summed E-state index contributed by atoms with van der Waals surface area (Å²) in [5, 5.41) is 8.80. The molecule has 2 rings (SSSR count). The van der Waals surface area contributed by atoms with Gasteiger partial charge in [-0.2, -0.15) is 5.26 Å². The zero-order valence-corrected chi connectivity index (χ0v) is 11.1. The van der Waals surface area contributed by atoms with Gasteiger partial charge in [-0.1, -0.05) is 20.8 Å². The third kappa shape index (κ3) is 2.24. The van der Waals surface area contributed by atoms with Crippen LogP contribution in [0.1, 0.15) is 39.2 Å². The second-order valence-corrected chi connectivity index (χ2v) is 5.84. The second kappa shape index (κ2) is 4.45. The summed E-state index contributed by atoms with van der Waals surface area (Å²) in [5.74, 6) is 0.180. The molecule has 1 aromatic rings. The summed E-state index contributed by atoms with van der Waals surface area (Å²) < 4.78 is 0. The van der Waals surface area contributed by atoms with Crippen molar-refractivity contribution in [1.82, 2.24) is 0 Å². The first-order valence-electron chi connectivity index (χ1n) is 6.25. The predicted molar refractivity (Wildman–Crippen MR) is 71.1 cm³/mol. The monoisotopic (exact) mass is 242 g/mol. The minimum Gasteiger partial charge on any atom is -0.309 e. The Labute approximate surface area is 108 Å². The maximum absolute atomic E-state index is 12.0. The van der Waals surface area contributed by atoms with E-state index in [-0.39, 0.29) is 17.4 Å². The molecule has 1 saturated heterocycles. The van der Waals surface area contributed by atoms with E-state index in [1.165, 1.54) is 0 Å². The van der Waals surface area contributed by atoms with E-state index in [2.05, 4.69) is 26.8 Å². The van der Waals surface area contributed by atoms with Gasteiger partial charge in [-0.25, -0.2) is 0 Å². The van der Waals surface area contributed by atoms with Crippen LogP contribution in [0.25, 0.3) is 0 Å². The fraction of sp³-hybridized carbons (Fsp3) is 0.467. The van der Waals surface area contributed by atoms with Crippen molar-refractivity contribution in [3.05, 3.63) is 29.8 Å². The van der Waals surface area contributed by atoms with Gasteiger partial charge < -0.3 is 4.90 Å². The number of hydrogen-bond donors (Lipinski definition) is 0. The van der Waals surface area contributed by atoms with Gasteiger partial charge in [0.1, 0.15) is 0 Å². The van der Waals surface area contributed by atoms with Gasteiger partial charge in [0.25, 0.3) is 0 Å². The number of anilines is 1. The molecule has 18 heavy (non-hydrogen) atoms. The fourth-order valence-electron chi connectivity index (χ4n) is 2.52. The fourth-order valence-corrected chi connectivity index (χ4v) is 2.52. The van der Waals surface area contributed by atoms with Crippen molar-refractivity contribution in [3.8, 4) is 6.07 Å². The van der Waals surface area contributed by atoms with Crippen LogP contribution in [-0.4, -0.2) is 11.9 Å². The number of nitriles is 1. The Morgan fingerprint density at radius 3 is 2.39 bits per heavy atom. The number of amides is 1. The van der Waals surface area contributed by atoms with Crippen LogP contribution in [0, 0.1) is 16.7 Å². The molecule has 0 aliphatic carbocycles. The Hall–Kier alpha value is -1.82. The smallest absolute Gasteiger partial charge is 0.227 e. The molecule has 1 unspecified atom stereocenters. The van der Waals surface area contributed by atoms with Crippen molar-refractivity contribution in [3.63, 3.8) is 0 Å². The van der Waals surface area contributed by atoms with Gasteiger partial charge in [-0.15, -0.1) is 0 Å². The molecule has 3 nitrogen and oxygen atoms in total. The molecule has 1 fully saturated rings. The number of carbonyl (C=O) groups excluding carboxylic acids is 1. The summed E-state index contributed by atoms with van der Waals surface area (Å²) in [5.41, 5.74) is 1.59. The Bertz CT molecular complexity index is 491. The molecule has 1 heterocycles. The number of hydrogen-bond acceptors (Lipinski definition) is 2. The maximum Gasteiger partial charge on any atom is 0.227 e. The molecule has 1 aromatic carbocycles. The minimum atomic E-state index is 0.0695. The third-order valence-electron chi connectivity index (χ3n) is 3.49. The SMILES string of the molecule is CC(C)(C)C1CCC(=O)N1c1ccc(C#N)cc1. The molecule has 1 amide bonds. The lowest BCUT2D eigenvalue weighted by atomic mass is 9.85. The van der Waals surface area contributed by atoms with Gasteiger partial charge in [-0.3, -0.25) is 4.79 Å². The van der Waals surface area contributed by atoms with Crippen molar-refractivity contribution in [1.29, 1.82) is 5.26 Å². The van der Waals surface area contributed by atoms with Crippen molar-refractivity contribution in [2.45, 2.75) is 39.7 Å². The molecule has 0 saturated carbocycles. The lowest BCUT2D eigenvalue weighted by molar-refractivity contribution is -0.117. The van der Waals surface area contributed by atoms with E-state index in [0.29, 0.717) is 12.0 Å². The zero-order valence-electron chi connectivity index (χ0n) is 11.1. The Kier molecular flexibility index (Phi) is 3.13. The first kappa shape index (κ1) is 12.6. The highest BCUT2D eigenvalue weighted by Gasteiger charge is 2.39. The van der Waals surface area contributed by atoms with Crippen LogP contribution in [0.5, 0.6) is 0 Å². The predicted octanol–water partition coefficient (Wildman–Crippen LogP) is 3.10. The lowest BCUT2D eigenvalue weighted by Crippen LogP contribution is -2.41. The van der Waals surface area contributed by atoms with Crippen LogP contribution in [0.3, 0.4) is 0 Å². The van der Waals surface area contributed by atoms with Crippen LogP contribution in [0.15, 0.2) is 24.3 Å². The Balaban J connectivity index is 2.34. The van der Waals surface area contributed by atoms with Gasteiger partial charge in [0.15, 0.2) is 0 Å². The Morgan fingerprint density at radius 1 is 1.28 bits per heavy atom. The standard InChI is InChI=1S/C15H18N2O/c1-15(2,3)13-8-9-14(18)17(13)12-6-4-11(10-16)5-7-12/h4-7,13H,8-9H2,1-3H3. The van der Waals surface area contributed by atoms with Crippen LogP contribution >= 0.6 is 0 Å². The van der Waals surface area contributed by atoms with E-state index in [1.807, 2.05) is 17.0 Å². The normalized spacial score (nSPS) is 20.0. The summed E-state index contributed by atoms with van der Waals surface area (Å²) in [6.07, 6.45) is 1.52. The molecule has 94 valence electrons. The highest BCUT2D eigenvalue weighted by atomic mass is 16.2. The minimum absolute atomic E-state index is 0.0695. The first-order chi connectivity index (χ1) is 8.43. The summed E-state index contributed by atoms with van der Waals surface area (Å²) in [6.45, 7) is 6.48. The molecule has 1 aliphatic rings. The molecule has 0 bridgehead atoms. The number of carbonyl (C=O) groups is 1. The van der Waals surface area contributed by atoms with Crippen molar-refractivity contribution in [2.75, 3.05) is 4.90 Å². The van der Waals surface area contributed by atoms with Crippen molar-refractivity contribution < 1.29 is 4.79 Å². The average molecular weight is 242 g/mol. The van der Waals surface area contributed by atoms with Crippen molar-refractivity contribution >= 4 is 11.6 Å². The van der Waals surface area contributed by atoms with E-state index >= 15 is 0 Å². The molecule has 0 radical (unpaired) electrons. The largest absolute Gasteiger partial charge is 0.309 e. The topological polar surface area (TPSA) is 44.1 Å². The van der Waals surface area contributed by atoms with E-state index in [1.54, 1.807) is 12.1 Å². The quantitative estimate of drug-likeness (QED) is 0.759. The van der Waals surface area contributed by atoms with E-state index < -0.39 is 0 Å². The lowest BCUT2D eigenvalue weighted by Gasteiger charge is -2.35. The average Bonchev–Trinajstić information content (AvgIpc) is 2.71. The summed E-state index contributed by atoms with van der Waals surface area (Å²) in [6, 6.07) is 9.58. The summed E-state index contributed by atoms with van der Waals surface area (Å²) in [7, 11) is 0. The first-order valence-corrected chi connectivity index (χ1v) is 6.25. The Morgan fingerprint density at radius 2 is 1.89 bits per heavy atom. The van der Waals surface area contributed by atoms with E-state index in [0.717, 1.165) is 12.1 Å². The van der Waals surface area contributed by atoms with E-state index in [9.17, 15) is 4.79 Å². The molecular formula is C15H18N2O. The number of nitrogens with zero attached hydrogens (tertiary/aromatic N) is 2. The van der Waals surface area contributed by atoms with Gasteiger partial charge in [0, 0.05) is 18.2 Å². The van der Waals surface area contributed by atoms with Crippen molar-refractivity contribution in [2.24, 2.45) is 5.41 Å². The molecule has 1 aliphatic heterocycles. The highest BCUT2D eigenvalue weighted by molar-refractivity contribution is 5.96. The van der Waals surface area contributed by atoms with Gasteiger partial charge >= 0.3 is 0 Å². The molecular weight excluding hydrogens is 224 g/mol. The molecule has 1 atom stereocenters. The zero-order chi connectivity index (χ0) is 13.3. The second-order valence-electron chi connectivity index (χ2n) is 5.84. The number of rotatable bonds is 1. The summed E-state index contributed by atoms with van der Waals surface area (Å²) in [4.78, 5) is 13.9. The van der Waals surface area contributed by atoms with Crippen LogP contribution in [0.2, 0.25) is 0 Å². The number of benzene rings is 1. The van der Waals surface area contributed by atoms with Gasteiger partial charge in [-0.05, 0) is 36.1 Å².